The standard InChI is InChI=1S/C8H12N4/c1-3-7(4-10-9)8-5-11-12(2)6-8/h3-6,10H,1,9H2,2H3/b7-4+. The Hall–Kier alpha value is -1.55. The van der Waals surface area contributed by atoms with Crippen molar-refractivity contribution in [3.8, 4) is 0 Å². The van der Waals surface area contributed by atoms with Gasteiger partial charge in [0.15, 0.2) is 0 Å². The first-order chi connectivity index (χ1) is 5.77. The van der Waals surface area contributed by atoms with Crippen LogP contribution in [0.4, 0.5) is 0 Å². The highest BCUT2D eigenvalue weighted by molar-refractivity contribution is 5.72. The van der Waals surface area contributed by atoms with Crippen LogP contribution < -0.4 is 11.3 Å². The summed E-state index contributed by atoms with van der Waals surface area (Å²) in [6.07, 6.45) is 7.04. The summed E-state index contributed by atoms with van der Waals surface area (Å²) in [5.74, 6) is 5.15. The number of hydrazine groups is 1. The minimum Gasteiger partial charge on any atom is -0.331 e. The van der Waals surface area contributed by atoms with Crippen molar-refractivity contribution in [1.29, 1.82) is 0 Å². The molecule has 1 aromatic heterocycles. The van der Waals surface area contributed by atoms with E-state index in [2.05, 4.69) is 17.1 Å². The Kier molecular flexibility index (Phi) is 2.66. The van der Waals surface area contributed by atoms with Gasteiger partial charge >= 0.3 is 0 Å². The van der Waals surface area contributed by atoms with Crippen LogP contribution in [0.1, 0.15) is 5.56 Å². The Morgan fingerprint density at radius 1 is 1.83 bits per heavy atom. The molecule has 0 saturated carbocycles. The molecule has 0 aromatic carbocycles. The summed E-state index contributed by atoms with van der Waals surface area (Å²) in [5, 5.41) is 4.03. The normalized spacial score (nSPS) is 11.3. The highest BCUT2D eigenvalue weighted by Gasteiger charge is 1.98. The third-order valence-electron chi connectivity index (χ3n) is 1.50. The largest absolute Gasteiger partial charge is 0.331 e. The minimum absolute atomic E-state index is 0.922. The SMILES string of the molecule is C=C/C(=C\NN)c1cnn(C)c1. The van der Waals surface area contributed by atoms with Crippen molar-refractivity contribution in [2.24, 2.45) is 12.9 Å². The average Bonchev–Trinajstić information content (AvgIpc) is 2.47. The summed E-state index contributed by atoms with van der Waals surface area (Å²) in [4.78, 5) is 0. The lowest BCUT2D eigenvalue weighted by Crippen LogP contribution is -2.13. The highest BCUT2D eigenvalue weighted by Crippen LogP contribution is 2.12. The maximum atomic E-state index is 5.15. The number of aryl methyl sites for hydroxylation is 1. The van der Waals surface area contributed by atoms with E-state index in [-0.39, 0.29) is 0 Å². The van der Waals surface area contributed by atoms with E-state index in [1.54, 1.807) is 23.2 Å². The molecule has 0 unspecified atom stereocenters. The number of rotatable bonds is 3. The summed E-state index contributed by atoms with van der Waals surface area (Å²) in [6, 6.07) is 0. The second-order valence-electron chi connectivity index (χ2n) is 2.37. The Bertz CT molecular complexity index is 298. The fourth-order valence-corrected chi connectivity index (χ4v) is 0.920. The summed E-state index contributed by atoms with van der Waals surface area (Å²) in [6.45, 7) is 3.66. The summed E-state index contributed by atoms with van der Waals surface area (Å²) < 4.78 is 1.73. The van der Waals surface area contributed by atoms with Crippen molar-refractivity contribution in [2.75, 3.05) is 0 Å². The molecule has 0 atom stereocenters. The van der Waals surface area contributed by atoms with Gasteiger partial charge in [-0.25, -0.2) is 0 Å². The first kappa shape index (κ1) is 8.55. The van der Waals surface area contributed by atoms with E-state index >= 15 is 0 Å². The third kappa shape index (κ3) is 1.73. The molecule has 0 spiro atoms. The summed E-state index contributed by atoms with van der Waals surface area (Å²) >= 11 is 0. The zero-order valence-corrected chi connectivity index (χ0v) is 6.99. The molecule has 4 heteroatoms. The zero-order valence-electron chi connectivity index (χ0n) is 6.99. The van der Waals surface area contributed by atoms with Crippen molar-refractivity contribution in [1.82, 2.24) is 15.2 Å². The monoisotopic (exact) mass is 164 g/mol. The molecule has 0 aliphatic heterocycles. The molecular weight excluding hydrogens is 152 g/mol. The fraction of sp³-hybridized carbons (Fsp3) is 0.125. The van der Waals surface area contributed by atoms with E-state index in [0.29, 0.717) is 0 Å². The van der Waals surface area contributed by atoms with Crippen molar-refractivity contribution in [2.45, 2.75) is 0 Å². The van der Waals surface area contributed by atoms with E-state index in [4.69, 9.17) is 5.84 Å². The van der Waals surface area contributed by atoms with Crippen LogP contribution in [0.15, 0.2) is 31.2 Å². The molecule has 64 valence electrons. The molecule has 4 nitrogen and oxygen atoms in total. The van der Waals surface area contributed by atoms with Gasteiger partial charge in [0.2, 0.25) is 0 Å². The van der Waals surface area contributed by atoms with Gasteiger partial charge in [0.1, 0.15) is 0 Å². The molecule has 1 rings (SSSR count). The smallest absolute Gasteiger partial charge is 0.0568 e. The topological polar surface area (TPSA) is 55.9 Å². The maximum absolute atomic E-state index is 5.15. The van der Waals surface area contributed by atoms with Crippen molar-refractivity contribution < 1.29 is 0 Å². The van der Waals surface area contributed by atoms with Crippen molar-refractivity contribution in [3.63, 3.8) is 0 Å². The molecule has 0 fully saturated rings. The number of allylic oxidation sites excluding steroid dienone is 2. The zero-order chi connectivity index (χ0) is 8.97. The van der Waals surface area contributed by atoms with Gasteiger partial charge in [-0.05, 0) is 0 Å². The summed E-state index contributed by atoms with van der Waals surface area (Å²) in [7, 11) is 1.86. The van der Waals surface area contributed by atoms with Crippen LogP contribution in [0.3, 0.4) is 0 Å². The Morgan fingerprint density at radius 3 is 3.00 bits per heavy atom. The molecule has 0 aliphatic carbocycles. The maximum Gasteiger partial charge on any atom is 0.0568 e. The molecule has 1 aromatic rings. The Morgan fingerprint density at radius 2 is 2.58 bits per heavy atom. The number of aromatic nitrogens is 2. The van der Waals surface area contributed by atoms with Crippen molar-refractivity contribution in [3.05, 3.63) is 36.8 Å². The fourth-order valence-electron chi connectivity index (χ4n) is 0.920. The number of hydrogen-bond donors (Lipinski definition) is 2. The lowest BCUT2D eigenvalue weighted by molar-refractivity contribution is 0.767. The average molecular weight is 164 g/mol. The van der Waals surface area contributed by atoms with Crippen LogP contribution in [-0.2, 0) is 7.05 Å². The number of nitrogens with two attached hydrogens (primary N) is 1. The number of nitrogens with zero attached hydrogens (tertiary/aromatic N) is 2. The van der Waals surface area contributed by atoms with E-state index in [0.717, 1.165) is 11.1 Å². The van der Waals surface area contributed by atoms with Crippen LogP contribution in [0.25, 0.3) is 5.57 Å². The predicted molar refractivity (Wildman–Crippen MR) is 48.7 cm³/mol. The van der Waals surface area contributed by atoms with E-state index in [9.17, 15) is 0 Å². The van der Waals surface area contributed by atoms with E-state index in [1.165, 1.54) is 0 Å². The summed E-state index contributed by atoms with van der Waals surface area (Å²) in [5.41, 5.74) is 4.37. The highest BCUT2D eigenvalue weighted by atomic mass is 15.2. The first-order valence-electron chi connectivity index (χ1n) is 3.55. The lowest BCUT2D eigenvalue weighted by Gasteiger charge is -1.95. The molecule has 1 heterocycles. The lowest BCUT2D eigenvalue weighted by atomic mass is 10.1. The number of nitrogens with one attached hydrogen (secondary N) is 1. The Balaban J connectivity index is 2.94. The number of hydrogen-bond acceptors (Lipinski definition) is 3. The van der Waals surface area contributed by atoms with Crippen molar-refractivity contribution >= 4 is 5.57 Å². The molecule has 12 heavy (non-hydrogen) atoms. The van der Waals surface area contributed by atoms with Gasteiger partial charge in [-0.3, -0.25) is 10.5 Å². The van der Waals surface area contributed by atoms with Crippen LogP contribution >= 0.6 is 0 Å². The van der Waals surface area contributed by atoms with Gasteiger partial charge in [0.25, 0.3) is 0 Å². The van der Waals surface area contributed by atoms with Gasteiger partial charge in [-0.1, -0.05) is 12.7 Å². The van der Waals surface area contributed by atoms with Crippen LogP contribution in [0, 0.1) is 0 Å². The van der Waals surface area contributed by atoms with Gasteiger partial charge in [0, 0.05) is 30.6 Å². The molecule has 0 radical (unpaired) electrons. The van der Waals surface area contributed by atoms with E-state index in [1.807, 2.05) is 13.2 Å². The van der Waals surface area contributed by atoms with E-state index < -0.39 is 0 Å². The first-order valence-corrected chi connectivity index (χ1v) is 3.55. The minimum atomic E-state index is 0.922. The van der Waals surface area contributed by atoms with Crippen LogP contribution in [0.5, 0.6) is 0 Å². The van der Waals surface area contributed by atoms with Gasteiger partial charge in [0.05, 0.1) is 6.20 Å². The molecule has 0 saturated heterocycles. The quantitative estimate of drug-likeness (QED) is 0.386. The molecule has 3 N–H and O–H groups in total. The van der Waals surface area contributed by atoms with Crippen LogP contribution in [0.2, 0.25) is 0 Å². The molecule has 0 amide bonds. The van der Waals surface area contributed by atoms with Gasteiger partial charge in [-0.15, -0.1) is 0 Å². The molecule has 0 bridgehead atoms. The third-order valence-corrected chi connectivity index (χ3v) is 1.50. The van der Waals surface area contributed by atoms with Crippen LogP contribution in [-0.4, -0.2) is 9.78 Å². The molecular formula is C8H12N4. The molecule has 0 aliphatic rings. The predicted octanol–water partition coefficient (Wildman–Crippen LogP) is 0.410. The second-order valence-corrected chi connectivity index (χ2v) is 2.37. The second kappa shape index (κ2) is 3.73. The van der Waals surface area contributed by atoms with Gasteiger partial charge < -0.3 is 5.43 Å². The van der Waals surface area contributed by atoms with Gasteiger partial charge in [-0.2, -0.15) is 5.10 Å². The Labute approximate surface area is 71.3 Å².